The molecule has 1 aliphatic rings. The Morgan fingerprint density at radius 2 is 1.74 bits per heavy atom. The maximum absolute atomic E-state index is 12.7. The minimum Gasteiger partial charge on any atom is -0.495 e. The van der Waals surface area contributed by atoms with Crippen molar-refractivity contribution in [2.45, 2.75) is 6.54 Å². The topological polar surface area (TPSA) is 37.2 Å². The number of benzene rings is 2. The van der Waals surface area contributed by atoms with Crippen molar-refractivity contribution in [2.75, 3.05) is 51.8 Å². The fourth-order valence-corrected chi connectivity index (χ4v) is 3.60. The molecule has 0 spiro atoms. The quantitative estimate of drug-likeness (QED) is 0.818. The molecule has 0 bridgehead atoms. The van der Waals surface area contributed by atoms with Gasteiger partial charge in [-0.3, -0.25) is 4.79 Å². The van der Waals surface area contributed by atoms with Crippen LogP contribution in [-0.4, -0.2) is 57.7 Å². The SMILES string of the molecule is COc1ccccc1N1CCN(C(=O)C[NH+](C)Cc2ccc(Cl)cc2)CC1. The first-order valence-corrected chi connectivity index (χ1v) is 9.66. The van der Waals surface area contributed by atoms with Crippen molar-refractivity contribution in [1.29, 1.82) is 0 Å². The number of amides is 1. The summed E-state index contributed by atoms with van der Waals surface area (Å²) in [4.78, 5) is 18.1. The second-order valence-corrected chi connectivity index (χ2v) is 7.41. The van der Waals surface area contributed by atoms with Crippen molar-refractivity contribution in [2.24, 2.45) is 0 Å². The highest BCUT2D eigenvalue weighted by Crippen LogP contribution is 2.28. The molecule has 0 radical (unpaired) electrons. The van der Waals surface area contributed by atoms with Gasteiger partial charge in [0.25, 0.3) is 5.91 Å². The molecule has 2 aromatic carbocycles. The normalized spacial score (nSPS) is 15.5. The zero-order chi connectivity index (χ0) is 19.2. The number of likely N-dealkylation sites (N-methyl/N-ethyl adjacent to an activating group) is 1. The van der Waals surface area contributed by atoms with Crippen molar-refractivity contribution >= 4 is 23.2 Å². The lowest BCUT2D eigenvalue weighted by molar-refractivity contribution is -0.885. The second kappa shape index (κ2) is 9.11. The molecule has 1 unspecified atom stereocenters. The molecule has 1 N–H and O–H groups in total. The Kier molecular flexibility index (Phi) is 6.58. The zero-order valence-corrected chi connectivity index (χ0v) is 16.7. The Bertz CT molecular complexity index is 758. The molecule has 1 fully saturated rings. The third kappa shape index (κ3) is 5.15. The molecule has 27 heavy (non-hydrogen) atoms. The van der Waals surface area contributed by atoms with Crippen LogP contribution < -0.4 is 14.5 Å². The van der Waals surface area contributed by atoms with Gasteiger partial charge in [-0.2, -0.15) is 0 Å². The molecule has 1 heterocycles. The number of anilines is 1. The van der Waals surface area contributed by atoms with E-state index in [1.54, 1.807) is 7.11 Å². The van der Waals surface area contributed by atoms with Gasteiger partial charge in [-0.05, 0) is 24.3 Å². The summed E-state index contributed by atoms with van der Waals surface area (Å²) in [5, 5.41) is 0.736. The monoisotopic (exact) mass is 388 g/mol. The van der Waals surface area contributed by atoms with Gasteiger partial charge in [-0.1, -0.05) is 35.9 Å². The average Bonchev–Trinajstić information content (AvgIpc) is 2.69. The highest BCUT2D eigenvalue weighted by molar-refractivity contribution is 6.30. The van der Waals surface area contributed by atoms with Gasteiger partial charge in [0.15, 0.2) is 6.54 Å². The van der Waals surface area contributed by atoms with Crippen molar-refractivity contribution < 1.29 is 14.4 Å². The van der Waals surface area contributed by atoms with Crippen molar-refractivity contribution in [3.05, 3.63) is 59.1 Å². The van der Waals surface area contributed by atoms with Crippen molar-refractivity contribution in [3.63, 3.8) is 0 Å². The van der Waals surface area contributed by atoms with Crippen LogP contribution in [0.3, 0.4) is 0 Å². The maximum atomic E-state index is 12.7. The minimum atomic E-state index is 0.209. The lowest BCUT2D eigenvalue weighted by Gasteiger charge is -2.36. The number of hydrogen-bond acceptors (Lipinski definition) is 3. The summed E-state index contributed by atoms with van der Waals surface area (Å²) in [7, 11) is 3.75. The molecular formula is C21H27ClN3O2+. The number of nitrogens with zero attached hydrogens (tertiary/aromatic N) is 2. The fourth-order valence-electron chi connectivity index (χ4n) is 3.47. The van der Waals surface area contributed by atoms with E-state index in [9.17, 15) is 4.79 Å². The molecule has 2 aromatic rings. The first-order chi connectivity index (χ1) is 13.1. The zero-order valence-electron chi connectivity index (χ0n) is 16.0. The van der Waals surface area contributed by atoms with E-state index < -0.39 is 0 Å². The molecule has 1 amide bonds. The van der Waals surface area contributed by atoms with Crippen molar-refractivity contribution in [3.8, 4) is 5.75 Å². The average molecular weight is 389 g/mol. The summed E-state index contributed by atoms with van der Waals surface area (Å²) >= 11 is 5.93. The number of carbonyl (C=O) groups excluding carboxylic acids is 1. The van der Waals surface area contributed by atoms with E-state index in [1.807, 2.05) is 47.4 Å². The molecule has 0 aliphatic carbocycles. The molecule has 5 nitrogen and oxygen atoms in total. The molecule has 1 atom stereocenters. The van der Waals surface area contributed by atoms with E-state index in [0.717, 1.165) is 49.2 Å². The van der Waals surface area contributed by atoms with Gasteiger partial charge >= 0.3 is 0 Å². The van der Waals surface area contributed by atoms with E-state index in [0.29, 0.717) is 6.54 Å². The number of carbonyl (C=O) groups is 1. The fraction of sp³-hybridized carbons (Fsp3) is 0.381. The Morgan fingerprint density at radius 3 is 2.41 bits per heavy atom. The van der Waals surface area contributed by atoms with Gasteiger partial charge in [0.05, 0.1) is 19.8 Å². The molecule has 3 rings (SSSR count). The third-order valence-electron chi connectivity index (χ3n) is 4.93. The van der Waals surface area contributed by atoms with Gasteiger partial charge in [0.2, 0.25) is 0 Å². The van der Waals surface area contributed by atoms with E-state index >= 15 is 0 Å². The molecular weight excluding hydrogens is 362 g/mol. The molecule has 0 saturated carbocycles. The van der Waals surface area contributed by atoms with Crippen molar-refractivity contribution in [1.82, 2.24) is 4.90 Å². The summed E-state index contributed by atoms with van der Waals surface area (Å²) in [6, 6.07) is 15.9. The van der Waals surface area contributed by atoms with Crippen LogP contribution in [-0.2, 0) is 11.3 Å². The Labute approximate surface area is 166 Å². The molecule has 0 aromatic heterocycles. The maximum Gasteiger partial charge on any atom is 0.277 e. The number of ether oxygens (including phenoxy) is 1. The van der Waals surface area contributed by atoms with E-state index in [2.05, 4.69) is 18.0 Å². The van der Waals surface area contributed by atoms with Crippen LogP contribution in [0.1, 0.15) is 5.56 Å². The lowest BCUT2D eigenvalue weighted by Crippen LogP contribution is -3.09. The summed E-state index contributed by atoms with van der Waals surface area (Å²) < 4.78 is 5.46. The van der Waals surface area contributed by atoms with E-state index in [1.165, 1.54) is 10.5 Å². The molecule has 144 valence electrons. The molecule has 1 aliphatic heterocycles. The predicted molar refractivity (Wildman–Crippen MR) is 109 cm³/mol. The number of piperazine rings is 1. The van der Waals surface area contributed by atoms with Crippen LogP contribution in [0.5, 0.6) is 5.75 Å². The van der Waals surface area contributed by atoms with Crippen LogP contribution in [0.15, 0.2) is 48.5 Å². The summed E-state index contributed by atoms with van der Waals surface area (Å²) in [5.41, 5.74) is 2.28. The van der Waals surface area contributed by atoms with Gasteiger partial charge in [0, 0.05) is 36.8 Å². The Balaban J connectivity index is 1.50. The summed E-state index contributed by atoms with van der Waals surface area (Å²) in [5.74, 6) is 1.09. The summed E-state index contributed by atoms with van der Waals surface area (Å²) in [6.07, 6.45) is 0. The van der Waals surface area contributed by atoms with Crippen LogP contribution in [0.2, 0.25) is 5.02 Å². The third-order valence-corrected chi connectivity index (χ3v) is 5.18. The standard InChI is InChI=1S/C21H26ClN3O2/c1-23(15-17-7-9-18(22)10-8-17)16-21(26)25-13-11-24(12-14-25)19-5-3-4-6-20(19)27-2/h3-10H,11-16H2,1-2H3/p+1. The number of halogens is 1. The first-order valence-electron chi connectivity index (χ1n) is 9.28. The van der Waals surface area contributed by atoms with E-state index in [4.69, 9.17) is 16.3 Å². The van der Waals surface area contributed by atoms with Crippen LogP contribution in [0.25, 0.3) is 0 Å². The Morgan fingerprint density at radius 1 is 1.07 bits per heavy atom. The van der Waals surface area contributed by atoms with Gasteiger partial charge < -0.3 is 19.4 Å². The number of quaternary nitrogens is 1. The van der Waals surface area contributed by atoms with E-state index in [-0.39, 0.29) is 5.91 Å². The highest BCUT2D eigenvalue weighted by Gasteiger charge is 2.24. The number of hydrogen-bond donors (Lipinski definition) is 1. The number of rotatable bonds is 6. The predicted octanol–water partition coefficient (Wildman–Crippen LogP) is 1.71. The number of methoxy groups -OCH3 is 1. The summed E-state index contributed by atoms with van der Waals surface area (Å²) in [6.45, 7) is 4.43. The van der Waals surface area contributed by atoms with Crippen LogP contribution in [0.4, 0.5) is 5.69 Å². The number of para-hydroxylation sites is 2. The van der Waals surface area contributed by atoms with Crippen LogP contribution in [0, 0.1) is 0 Å². The largest absolute Gasteiger partial charge is 0.495 e. The lowest BCUT2D eigenvalue weighted by atomic mass is 10.2. The Hall–Kier alpha value is -2.24. The second-order valence-electron chi connectivity index (χ2n) is 6.98. The molecule has 6 heteroatoms. The van der Waals surface area contributed by atoms with Gasteiger partial charge in [-0.25, -0.2) is 0 Å². The first kappa shape index (κ1) is 19.5. The molecule has 1 saturated heterocycles. The van der Waals surface area contributed by atoms with Gasteiger partial charge in [0.1, 0.15) is 12.3 Å². The smallest absolute Gasteiger partial charge is 0.277 e. The van der Waals surface area contributed by atoms with Gasteiger partial charge in [-0.15, -0.1) is 0 Å². The minimum absolute atomic E-state index is 0.209. The number of nitrogens with one attached hydrogen (secondary N) is 1. The highest BCUT2D eigenvalue weighted by atomic mass is 35.5. The van der Waals surface area contributed by atoms with Crippen LogP contribution >= 0.6 is 11.6 Å².